The Balaban J connectivity index is 1.93. The van der Waals surface area contributed by atoms with Crippen molar-refractivity contribution in [3.8, 4) is 0 Å². The quantitative estimate of drug-likeness (QED) is 0.822. The molecule has 0 aromatic rings. The summed E-state index contributed by atoms with van der Waals surface area (Å²) in [5.41, 5.74) is 6.00. The molecule has 0 spiro atoms. The Bertz CT molecular complexity index is 269. The van der Waals surface area contributed by atoms with Crippen LogP contribution in [0, 0.1) is 0 Å². The number of nitrogens with zero attached hydrogens (tertiary/aromatic N) is 3. The van der Waals surface area contributed by atoms with Gasteiger partial charge in [0.1, 0.15) is 0 Å². The van der Waals surface area contributed by atoms with E-state index in [0.717, 1.165) is 19.1 Å². The maximum atomic E-state index is 6.00. The predicted octanol–water partition coefficient (Wildman–Crippen LogP) is 0.824. The molecule has 2 aliphatic rings. The molecule has 112 valence electrons. The molecule has 0 bridgehead atoms. The van der Waals surface area contributed by atoms with Gasteiger partial charge < -0.3 is 15.5 Å². The van der Waals surface area contributed by atoms with Gasteiger partial charge in [0.15, 0.2) is 0 Å². The average Bonchev–Trinajstić information content (AvgIpc) is 2.64. The molecule has 0 saturated carbocycles. The maximum absolute atomic E-state index is 6.00. The van der Waals surface area contributed by atoms with E-state index in [0.29, 0.717) is 12.1 Å². The van der Waals surface area contributed by atoms with Gasteiger partial charge >= 0.3 is 0 Å². The minimum atomic E-state index is 0.564. The maximum Gasteiger partial charge on any atom is 0.0349 e. The molecule has 2 saturated heterocycles. The molecule has 0 amide bonds. The van der Waals surface area contributed by atoms with Crippen LogP contribution in [-0.2, 0) is 0 Å². The molecule has 4 heteroatoms. The van der Waals surface area contributed by atoms with Crippen LogP contribution >= 0.6 is 0 Å². The number of hydrogen-bond donors (Lipinski definition) is 1. The minimum Gasteiger partial charge on any atom is -0.329 e. The first-order valence-corrected chi connectivity index (χ1v) is 8.00. The molecule has 2 unspecified atom stereocenters. The Kier molecular flexibility index (Phi) is 5.63. The molecular weight excluding hydrogens is 236 g/mol. The summed E-state index contributed by atoms with van der Waals surface area (Å²) in [5.74, 6) is 0. The minimum absolute atomic E-state index is 0.564. The van der Waals surface area contributed by atoms with Crippen molar-refractivity contribution in [2.75, 3.05) is 46.3 Å². The molecule has 2 atom stereocenters. The fourth-order valence-electron chi connectivity index (χ4n) is 3.66. The summed E-state index contributed by atoms with van der Waals surface area (Å²) < 4.78 is 0. The van der Waals surface area contributed by atoms with Gasteiger partial charge in [-0.05, 0) is 53.2 Å². The Morgan fingerprint density at radius 1 is 1.11 bits per heavy atom. The van der Waals surface area contributed by atoms with Crippen LogP contribution in [0.1, 0.15) is 33.1 Å². The van der Waals surface area contributed by atoms with E-state index in [4.69, 9.17) is 5.73 Å². The van der Waals surface area contributed by atoms with Crippen molar-refractivity contribution in [3.05, 3.63) is 0 Å². The normalized spacial score (nSPS) is 32.7. The molecule has 2 heterocycles. The summed E-state index contributed by atoms with van der Waals surface area (Å²) in [5, 5.41) is 0. The summed E-state index contributed by atoms with van der Waals surface area (Å²) in [6.45, 7) is 11.5. The smallest absolute Gasteiger partial charge is 0.0349 e. The van der Waals surface area contributed by atoms with Crippen LogP contribution in [0.25, 0.3) is 0 Å². The lowest BCUT2D eigenvalue weighted by Gasteiger charge is -2.44. The second-order valence-corrected chi connectivity index (χ2v) is 6.60. The van der Waals surface area contributed by atoms with Crippen LogP contribution < -0.4 is 5.73 Å². The van der Waals surface area contributed by atoms with E-state index in [-0.39, 0.29) is 0 Å². The molecule has 2 N–H and O–H groups in total. The lowest BCUT2D eigenvalue weighted by molar-refractivity contribution is 0.0496. The number of hydrogen-bond acceptors (Lipinski definition) is 4. The van der Waals surface area contributed by atoms with Crippen LogP contribution in [0.4, 0.5) is 0 Å². The SMILES string of the molecule is CC(C)N1CCCC(N2CCN(C)CC2CN)CC1. The van der Waals surface area contributed by atoms with Crippen molar-refractivity contribution < 1.29 is 0 Å². The fourth-order valence-corrected chi connectivity index (χ4v) is 3.66. The number of likely N-dealkylation sites (tertiary alicyclic amines) is 1. The molecule has 0 radical (unpaired) electrons. The first-order chi connectivity index (χ1) is 9.11. The molecule has 0 aromatic heterocycles. The predicted molar refractivity (Wildman–Crippen MR) is 81.4 cm³/mol. The zero-order chi connectivity index (χ0) is 13.8. The second-order valence-electron chi connectivity index (χ2n) is 6.60. The fraction of sp³-hybridized carbons (Fsp3) is 1.00. The van der Waals surface area contributed by atoms with Crippen LogP contribution in [0.2, 0.25) is 0 Å². The van der Waals surface area contributed by atoms with Crippen LogP contribution in [-0.4, -0.2) is 79.1 Å². The summed E-state index contributed by atoms with van der Waals surface area (Å²) in [6.07, 6.45) is 4.01. The molecule has 2 rings (SSSR count). The highest BCUT2D eigenvalue weighted by Gasteiger charge is 2.31. The second kappa shape index (κ2) is 7.02. The molecule has 19 heavy (non-hydrogen) atoms. The van der Waals surface area contributed by atoms with Crippen molar-refractivity contribution in [3.63, 3.8) is 0 Å². The Morgan fingerprint density at radius 3 is 2.58 bits per heavy atom. The summed E-state index contributed by atoms with van der Waals surface area (Å²) in [4.78, 5) is 7.77. The van der Waals surface area contributed by atoms with Gasteiger partial charge in [0.05, 0.1) is 0 Å². The van der Waals surface area contributed by atoms with E-state index in [2.05, 4.69) is 35.6 Å². The third-order valence-electron chi connectivity index (χ3n) is 4.93. The monoisotopic (exact) mass is 268 g/mol. The first kappa shape index (κ1) is 15.2. The topological polar surface area (TPSA) is 35.7 Å². The van der Waals surface area contributed by atoms with Crippen molar-refractivity contribution in [1.82, 2.24) is 14.7 Å². The molecule has 0 aliphatic carbocycles. The van der Waals surface area contributed by atoms with E-state index in [1.54, 1.807) is 0 Å². The lowest BCUT2D eigenvalue weighted by atomic mass is 10.0. The van der Waals surface area contributed by atoms with Gasteiger partial charge in [-0.1, -0.05) is 0 Å². The summed E-state index contributed by atoms with van der Waals surface area (Å²) in [7, 11) is 2.22. The van der Waals surface area contributed by atoms with Gasteiger partial charge in [0, 0.05) is 44.3 Å². The third kappa shape index (κ3) is 3.91. The molecule has 0 aromatic carbocycles. The van der Waals surface area contributed by atoms with E-state index >= 15 is 0 Å². The zero-order valence-corrected chi connectivity index (χ0v) is 13.0. The Hall–Kier alpha value is -0.160. The highest BCUT2D eigenvalue weighted by Crippen LogP contribution is 2.22. The van der Waals surface area contributed by atoms with Gasteiger partial charge in [-0.3, -0.25) is 4.90 Å². The van der Waals surface area contributed by atoms with Gasteiger partial charge in [-0.15, -0.1) is 0 Å². The average molecular weight is 268 g/mol. The Labute approximate surface area is 118 Å². The number of piperazine rings is 1. The van der Waals surface area contributed by atoms with Crippen molar-refractivity contribution in [1.29, 1.82) is 0 Å². The van der Waals surface area contributed by atoms with Crippen LogP contribution in [0.3, 0.4) is 0 Å². The van der Waals surface area contributed by atoms with Gasteiger partial charge in [-0.25, -0.2) is 0 Å². The lowest BCUT2D eigenvalue weighted by Crippen LogP contribution is -2.58. The van der Waals surface area contributed by atoms with Crippen molar-refractivity contribution >= 4 is 0 Å². The highest BCUT2D eigenvalue weighted by molar-refractivity contribution is 4.88. The van der Waals surface area contributed by atoms with Crippen molar-refractivity contribution in [2.45, 2.75) is 51.2 Å². The number of rotatable bonds is 3. The summed E-state index contributed by atoms with van der Waals surface area (Å²) in [6, 6.07) is 2.01. The van der Waals surface area contributed by atoms with Gasteiger partial charge in [0.2, 0.25) is 0 Å². The van der Waals surface area contributed by atoms with E-state index in [1.165, 1.54) is 45.4 Å². The molecule has 4 nitrogen and oxygen atoms in total. The standard InChI is InChI=1S/C15H32N4/c1-13(2)18-7-4-5-14(6-8-18)19-10-9-17(3)12-15(19)11-16/h13-15H,4-12,16H2,1-3H3. The summed E-state index contributed by atoms with van der Waals surface area (Å²) >= 11 is 0. The van der Waals surface area contributed by atoms with E-state index in [9.17, 15) is 0 Å². The Morgan fingerprint density at radius 2 is 1.89 bits per heavy atom. The largest absolute Gasteiger partial charge is 0.329 e. The van der Waals surface area contributed by atoms with E-state index in [1.807, 2.05) is 0 Å². The number of nitrogens with two attached hydrogens (primary N) is 1. The third-order valence-corrected chi connectivity index (χ3v) is 4.93. The van der Waals surface area contributed by atoms with Crippen LogP contribution in [0.5, 0.6) is 0 Å². The van der Waals surface area contributed by atoms with E-state index < -0.39 is 0 Å². The van der Waals surface area contributed by atoms with Gasteiger partial charge in [0.25, 0.3) is 0 Å². The van der Waals surface area contributed by atoms with Gasteiger partial charge in [-0.2, -0.15) is 0 Å². The van der Waals surface area contributed by atoms with Crippen LogP contribution in [0.15, 0.2) is 0 Å². The van der Waals surface area contributed by atoms with Crippen molar-refractivity contribution in [2.24, 2.45) is 5.73 Å². The zero-order valence-electron chi connectivity index (χ0n) is 13.0. The first-order valence-electron chi connectivity index (χ1n) is 8.00. The number of likely N-dealkylation sites (N-methyl/N-ethyl adjacent to an activating group) is 1. The molecule has 2 aliphatic heterocycles. The highest BCUT2D eigenvalue weighted by atomic mass is 15.3. The molecule has 2 fully saturated rings. The molecular formula is C15H32N4.